The topological polar surface area (TPSA) is 84.4 Å². The third kappa shape index (κ3) is 3.32. The van der Waals surface area contributed by atoms with Gasteiger partial charge in [-0.3, -0.25) is 4.90 Å². The van der Waals surface area contributed by atoms with Crippen LogP contribution in [-0.4, -0.2) is 32.9 Å². The van der Waals surface area contributed by atoms with Crippen molar-refractivity contribution in [1.82, 2.24) is 14.7 Å². The van der Waals surface area contributed by atoms with E-state index in [9.17, 15) is 9.90 Å². The largest absolute Gasteiger partial charge is 0.465 e. The van der Waals surface area contributed by atoms with Gasteiger partial charge in [-0.05, 0) is 60.9 Å². The fourth-order valence-corrected chi connectivity index (χ4v) is 3.10. The number of benzene rings is 2. The molecule has 6 heteroatoms. The highest BCUT2D eigenvalue weighted by atomic mass is 16.4. The number of carboxylic acid groups (broad SMARTS) is 1. The van der Waals surface area contributed by atoms with Crippen molar-refractivity contribution in [2.75, 3.05) is 7.05 Å². The SMILES string of the molecule is Cc1cc(-c2ccn(-c3ccccc3)n2)cc(C)c1C(N)N(C)C(=O)O. The molecule has 1 atom stereocenters. The molecular formula is C20H22N4O2. The molecule has 1 heterocycles. The van der Waals surface area contributed by atoms with Crippen molar-refractivity contribution in [3.05, 3.63) is 71.4 Å². The predicted molar refractivity (Wildman–Crippen MR) is 101 cm³/mol. The maximum atomic E-state index is 11.2. The maximum Gasteiger partial charge on any atom is 0.408 e. The molecule has 134 valence electrons. The molecule has 3 rings (SSSR count). The van der Waals surface area contributed by atoms with E-state index in [1.165, 1.54) is 7.05 Å². The Kier molecular flexibility index (Phi) is 4.77. The normalized spacial score (nSPS) is 12.0. The minimum absolute atomic E-state index is 0.705. The van der Waals surface area contributed by atoms with Gasteiger partial charge in [0.15, 0.2) is 0 Å². The maximum absolute atomic E-state index is 11.2. The van der Waals surface area contributed by atoms with Crippen molar-refractivity contribution in [2.45, 2.75) is 20.0 Å². The van der Waals surface area contributed by atoms with E-state index in [0.717, 1.165) is 38.5 Å². The molecule has 1 amide bonds. The van der Waals surface area contributed by atoms with Gasteiger partial charge in [0.2, 0.25) is 0 Å². The van der Waals surface area contributed by atoms with Crippen LogP contribution >= 0.6 is 0 Å². The second kappa shape index (κ2) is 7.01. The monoisotopic (exact) mass is 350 g/mol. The summed E-state index contributed by atoms with van der Waals surface area (Å²) in [5.74, 6) is 0. The number of para-hydroxylation sites is 1. The van der Waals surface area contributed by atoms with Gasteiger partial charge in [0, 0.05) is 18.8 Å². The van der Waals surface area contributed by atoms with Crippen LogP contribution in [0.5, 0.6) is 0 Å². The number of nitrogens with zero attached hydrogens (tertiary/aromatic N) is 3. The molecular weight excluding hydrogens is 328 g/mol. The molecule has 26 heavy (non-hydrogen) atoms. The molecule has 0 aliphatic rings. The number of hydrogen-bond acceptors (Lipinski definition) is 3. The van der Waals surface area contributed by atoms with Gasteiger partial charge >= 0.3 is 6.09 Å². The average molecular weight is 350 g/mol. The summed E-state index contributed by atoms with van der Waals surface area (Å²) in [5, 5.41) is 13.8. The standard InChI is InChI=1S/C20H22N4O2/c1-13-11-15(12-14(2)18(13)19(21)23(3)20(25)26)17-9-10-24(22-17)16-7-5-4-6-8-16/h4-12,19H,21H2,1-3H3,(H,25,26). The van der Waals surface area contributed by atoms with E-state index in [1.54, 1.807) is 0 Å². The molecule has 0 aliphatic carbocycles. The van der Waals surface area contributed by atoms with Gasteiger partial charge in [-0.2, -0.15) is 5.10 Å². The van der Waals surface area contributed by atoms with E-state index in [2.05, 4.69) is 5.10 Å². The smallest absolute Gasteiger partial charge is 0.408 e. The van der Waals surface area contributed by atoms with E-state index in [1.807, 2.05) is 73.3 Å². The van der Waals surface area contributed by atoms with Crippen LogP contribution in [0.15, 0.2) is 54.7 Å². The third-order valence-corrected chi connectivity index (χ3v) is 4.51. The van der Waals surface area contributed by atoms with Crippen molar-refractivity contribution in [2.24, 2.45) is 5.73 Å². The van der Waals surface area contributed by atoms with Crippen LogP contribution in [0.25, 0.3) is 16.9 Å². The Morgan fingerprint density at radius 3 is 2.35 bits per heavy atom. The van der Waals surface area contributed by atoms with Gasteiger partial charge in [-0.25, -0.2) is 9.48 Å². The highest BCUT2D eigenvalue weighted by Crippen LogP contribution is 2.28. The summed E-state index contributed by atoms with van der Waals surface area (Å²) in [6, 6.07) is 15.9. The number of carbonyl (C=O) groups is 1. The minimum atomic E-state index is -1.05. The first-order chi connectivity index (χ1) is 12.4. The lowest BCUT2D eigenvalue weighted by molar-refractivity contribution is 0.139. The Bertz CT molecular complexity index is 911. The number of rotatable bonds is 4. The van der Waals surface area contributed by atoms with E-state index in [4.69, 9.17) is 5.73 Å². The molecule has 6 nitrogen and oxygen atoms in total. The van der Waals surface area contributed by atoms with Gasteiger partial charge in [0.1, 0.15) is 6.17 Å². The van der Waals surface area contributed by atoms with Gasteiger partial charge < -0.3 is 10.8 Å². The number of amides is 1. The summed E-state index contributed by atoms with van der Waals surface area (Å²) in [6.45, 7) is 3.88. The molecule has 3 N–H and O–H groups in total. The molecule has 1 aromatic heterocycles. The molecule has 0 radical (unpaired) electrons. The van der Waals surface area contributed by atoms with Crippen LogP contribution in [0.4, 0.5) is 4.79 Å². The van der Waals surface area contributed by atoms with E-state index in [-0.39, 0.29) is 0 Å². The molecule has 0 saturated heterocycles. The fourth-order valence-electron chi connectivity index (χ4n) is 3.10. The summed E-state index contributed by atoms with van der Waals surface area (Å²) >= 11 is 0. The average Bonchev–Trinajstić information content (AvgIpc) is 3.11. The van der Waals surface area contributed by atoms with Crippen molar-refractivity contribution in [1.29, 1.82) is 0 Å². The van der Waals surface area contributed by atoms with Crippen molar-refractivity contribution >= 4 is 6.09 Å². The van der Waals surface area contributed by atoms with Crippen LogP contribution in [0, 0.1) is 13.8 Å². The highest BCUT2D eigenvalue weighted by molar-refractivity contribution is 5.67. The molecule has 1 unspecified atom stereocenters. The first-order valence-corrected chi connectivity index (χ1v) is 8.32. The summed E-state index contributed by atoms with van der Waals surface area (Å²) < 4.78 is 1.83. The lowest BCUT2D eigenvalue weighted by Gasteiger charge is -2.25. The quantitative estimate of drug-likeness (QED) is 0.702. The molecule has 2 aromatic carbocycles. The summed E-state index contributed by atoms with van der Waals surface area (Å²) in [6.07, 6.45) is 0.165. The van der Waals surface area contributed by atoms with Gasteiger partial charge in [0.25, 0.3) is 0 Å². The Balaban J connectivity index is 1.96. The summed E-state index contributed by atoms with van der Waals surface area (Å²) in [5.41, 5.74) is 11.7. The van der Waals surface area contributed by atoms with E-state index < -0.39 is 12.3 Å². The van der Waals surface area contributed by atoms with Gasteiger partial charge in [-0.1, -0.05) is 18.2 Å². The summed E-state index contributed by atoms with van der Waals surface area (Å²) in [7, 11) is 1.47. The molecule has 0 aliphatic heterocycles. The zero-order valence-electron chi connectivity index (χ0n) is 15.0. The van der Waals surface area contributed by atoms with Gasteiger partial charge in [-0.15, -0.1) is 0 Å². The number of aromatic nitrogens is 2. The molecule has 3 aromatic rings. The molecule has 0 spiro atoms. The number of hydrogen-bond donors (Lipinski definition) is 2. The van der Waals surface area contributed by atoms with Crippen molar-refractivity contribution in [3.63, 3.8) is 0 Å². The van der Waals surface area contributed by atoms with Crippen LogP contribution in [0.3, 0.4) is 0 Å². The van der Waals surface area contributed by atoms with Gasteiger partial charge in [0.05, 0.1) is 11.4 Å². The third-order valence-electron chi connectivity index (χ3n) is 4.51. The first kappa shape index (κ1) is 17.7. The molecule has 0 fully saturated rings. The summed E-state index contributed by atoms with van der Waals surface area (Å²) in [4.78, 5) is 12.3. The van der Waals surface area contributed by atoms with Crippen LogP contribution in [0.1, 0.15) is 22.9 Å². The zero-order chi connectivity index (χ0) is 18.8. The molecule has 0 bridgehead atoms. The molecule has 0 saturated carbocycles. The first-order valence-electron chi connectivity index (χ1n) is 8.32. The predicted octanol–water partition coefficient (Wildman–Crippen LogP) is 3.72. The lowest BCUT2D eigenvalue weighted by Crippen LogP contribution is -2.36. The van der Waals surface area contributed by atoms with Crippen LogP contribution in [-0.2, 0) is 0 Å². The minimum Gasteiger partial charge on any atom is -0.465 e. The number of nitrogens with two attached hydrogens (primary N) is 1. The van der Waals surface area contributed by atoms with Crippen molar-refractivity contribution in [3.8, 4) is 16.9 Å². The van der Waals surface area contributed by atoms with E-state index in [0.29, 0.717) is 0 Å². The lowest BCUT2D eigenvalue weighted by atomic mass is 9.96. The van der Waals surface area contributed by atoms with Crippen LogP contribution < -0.4 is 5.73 Å². The van der Waals surface area contributed by atoms with Crippen molar-refractivity contribution < 1.29 is 9.90 Å². The Labute approximate surface area is 152 Å². The second-order valence-electron chi connectivity index (χ2n) is 6.34. The zero-order valence-corrected chi connectivity index (χ0v) is 15.0. The Hall–Kier alpha value is -3.12. The van der Waals surface area contributed by atoms with Crippen LogP contribution in [0.2, 0.25) is 0 Å². The highest BCUT2D eigenvalue weighted by Gasteiger charge is 2.21. The fraction of sp³-hybridized carbons (Fsp3) is 0.200. The Morgan fingerprint density at radius 1 is 1.15 bits per heavy atom. The Morgan fingerprint density at radius 2 is 1.77 bits per heavy atom. The number of aryl methyl sites for hydroxylation is 2. The second-order valence-corrected chi connectivity index (χ2v) is 6.34. The van der Waals surface area contributed by atoms with E-state index >= 15 is 0 Å².